The van der Waals surface area contributed by atoms with Gasteiger partial charge in [-0.15, -0.1) is 0 Å². The quantitative estimate of drug-likeness (QED) is 0.755. The van der Waals surface area contributed by atoms with Crippen molar-refractivity contribution in [3.63, 3.8) is 0 Å². The van der Waals surface area contributed by atoms with Gasteiger partial charge in [-0.3, -0.25) is 0 Å². The molecule has 5 nitrogen and oxygen atoms in total. The van der Waals surface area contributed by atoms with Gasteiger partial charge in [0.2, 0.25) is 5.95 Å². The Hall–Kier alpha value is -1.07. The number of nitrogens with one attached hydrogen (secondary N) is 1. The fourth-order valence-electron chi connectivity index (χ4n) is 2.38. The Bertz CT molecular complexity index is 345. The minimum atomic E-state index is 0.389. The normalized spacial score (nSPS) is 24.1. The zero-order chi connectivity index (χ0) is 12.8. The van der Waals surface area contributed by atoms with Crippen LogP contribution >= 0.6 is 0 Å². The molecule has 0 atom stereocenters. The highest BCUT2D eigenvalue weighted by atomic mass is 16.5. The van der Waals surface area contributed by atoms with Crippen molar-refractivity contribution >= 4 is 5.95 Å². The van der Waals surface area contributed by atoms with E-state index in [1.54, 1.807) is 0 Å². The predicted octanol–water partition coefficient (Wildman–Crippen LogP) is 1.60. The smallest absolute Gasteiger partial charge is 0.202 e. The van der Waals surface area contributed by atoms with Crippen LogP contribution in [-0.4, -0.2) is 34.8 Å². The largest absolute Gasteiger partial charge is 0.376 e. The van der Waals surface area contributed by atoms with E-state index in [1.807, 2.05) is 12.4 Å². The van der Waals surface area contributed by atoms with Crippen molar-refractivity contribution in [2.45, 2.75) is 51.3 Å². The molecule has 1 aliphatic rings. The SMILES string of the molecule is CCn1ccnc1NCCOC1CCC(N)CC1. The molecule has 5 heteroatoms. The van der Waals surface area contributed by atoms with Gasteiger partial charge in [-0.05, 0) is 32.6 Å². The van der Waals surface area contributed by atoms with E-state index >= 15 is 0 Å². The minimum Gasteiger partial charge on any atom is -0.376 e. The van der Waals surface area contributed by atoms with Gasteiger partial charge < -0.3 is 20.4 Å². The van der Waals surface area contributed by atoms with Crippen LogP contribution in [0.5, 0.6) is 0 Å². The Labute approximate surface area is 109 Å². The summed E-state index contributed by atoms with van der Waals surface area (Å²) in [4.78, 5) is 4.26. The molecular formula is C13H24N4O. The van der Waals surface area contributed by atoms with Gasteiger partial charge in [0.1, 0.15) is 0 Å². The number of aryl methyl sites for hydroxylation is 1. The lowest BCUT2D eigenvalue weighted by Gasteiger charge is -2.26. The van der Waals surface area contributed by atoms with E-state index in [9.17, 15) is 0 Å². The molecule has 0 aliphatic heterocycles. The molecule has 0 amide bonds. The second kappa shape index (κ2) is 6.75. The summed E-state index contributed by atoms with van der Waals surface area (Å²) in [6, 6.07) is 0.389. The van der Waals surface area contributed by atoms with Crippen LogP contribution in [0.3, 0.4) is 0 Å². The maximum Gasteiger partial charge on any atom is 0.202 e. The molecule has 2 rings (SSSR count). The molecule has 0 aromatic carbocycles. The average molecular weight is 252 g/mol. The molecule has 1 heterocycles. The number of anilines is 1. The van der Waals surface area contributed by atoms with Gasteiger partial charge in [-0.25, -0.2) is 4.98 Å². The number of aromatic nitrogens is 2. The van der Waals surface area contributed by atoms with E-state index in [-0.39, 0.29) is 0 Å². The molecule has 0 radical (unpaired) electrons. The van der Waals surface area contributed by atoms with Crippen molar-refractivity contribution in [2.75, 3.05) is 18.5 Å². The Morgan fingerprint density at radius 3 is 2.94 bits per heavy atom. The molecule has 0 spiro atoms. The summed E-state index contributed by atoms with van der Waals surface area (Å²) < 4.78 is 7.93. The standard InChI is InChI=1S/C13H24N4O/c1-2-17-9-7-15-13(17)16-8-10-18-12-5-3-11(14)4-6-12/h7,9,11-12H,2-6,8,10,14H2,1H3,(H,15,16). The molecule has 18 heavy (non-hydrogen) atoms. The lowest BCUT2D eigenvalue weighted by Crippen LogP contribution is -2.31. The first-order valence-corrected chi connectivity index (χ1v) is 6.91. The van der Waals surface area contributed by atoms with Crippen molar-refractivity contribution in [2.24, 2.45) is 5.73 Å². The summed E-state index contributed by atoms with van der Waals surface area (Å²) >= 11 is 0. The summed E-state index contributed by atoms with van der Waals surface area (Å²) in [7, 11) is 0. The van der Waals surface area contributed by atoms with Crippen molar-refractivity contribution in [1.82, 2.24) is 9.55 Å². The van der Waals surface area contributed by atoms with Gasteiger partial charge in [0, 0.05) is 31.5 Å². The van der Waals surface area contributed by atoms with Crippen LogP contribution in [-0.2, 0) is 11.3 Å². The predicted molar refractivity (Wildman–Crippen MR) is 72.6 cm³/mol. The third-order valence-electron chi connectivity index (χ3n) is 3.51. The molecule has 102 valence electrons. The topological polar surface area (TPSA) is 65.1 Å². The molecule has 1 aromatic rings. The Morgan fingerprint density at radius 1 is 1.44 bits per heavy atom. The lowest BCUT2D eigenvalue weighted by molar-refractivity contribution is 0.0312. The first-order valence-electron chi connectivity index (χ1n) is 6.91. The highest BCUT2D eigenvalue weighted by Crippen LogP contribution is 2.19. The lowest BCUT2D eigenvalue weighted by atomic mass is 9.94. The molecule has 0 unspecified atom stereocenters. The molecule has 3 N–H and O–H groups in total. The summed E-state index contributed by atoms with van der Waals surface area (Å²) in [5.41, 5.74) is 5.87. The van der Waals surface area contributed by atoms with Gasteiger partial charge in [-0.1, -0.05) is 0 Å². The van der Waals surface area contributed by atoms with Crippen LogP contribution < -0.4 is 11.1 Å². The van der Waals surface area contributed by atoms with Gasteiger partial charge >= 0.3 is 0 Å². The number of ether oxygens (including phenoxy) is 1. The van der Waals surface area contributed by atoms with Crippen molar-refractivity contribution < 1.29 is 4.74 Å². The van der Waals surface area contributed by atoms with Crippen LogP contribution in [0.15, 0.2) is 12.4 Å². The second-order valence-corrected chi connectivity index (χ2v) is 4.87. The first-order chi connectivity index (χ1) is 8.79. The number of hydrogen-bond donors (Lipinski definition) is 2. The zero-order valence-corrected chi connectivity index (χ0v) is 11.1. The number of hydrogen-bond acceptors (Lipinski definition) is 4. The molecule has 0 saturated heterocycles. The van der Waals surface area contributed by atoms with E-state index in [0.717, 1.165) is 51.3 Å². The zero-order valence-electron chi connectivity index (χ0n) is 11.1. The third-order valence-corrected chi connectivity index (χ3v) is 3.51. The van der Waals surface area contributed by atoms with Crippen LogP contribution in [0.1, 0.15) is 32.6 Å². The second-order valence-electron chi connectivity index (χ2n) is 4.87. The van der Waals surface area contributed by atoms with Crippen LogP contribution in [0.25, 0.3) is 0 Å². The minimum absolute atomic E-state index is 0.389. The molecule has 1 aliphatic carbocycles. The number of nitrogens with zero attached hydrogens (tertiary/aromatic N) is 2. The van der Waals surface area contributed by atoms with E-state index < -0.39 is 0 Å². The highest BCUT2D eigenvalue weighted by Gasteiger charge is 2.18. The Balaban J connectivity index is 1.61. The fourth-order valence-corrected chi connectivity index (χ4v) is 2.38. The Morgan fingerprint density at radius 2 is 2.22 bits per heavy atom. The van der Waals surface area contributed by atoms with Crippen molar-refractivity contribution in [1.29, 1.82) is 0 Å². The Kier molecular flexibility index (Phi) is 5.01. The van der Waals surface area contributed by atoms with E-state index in [0.29, 0.717) is 12.1 Å². The number of nitrogens with two attached hydrogens (primary N) is 1. The maximum absolute atomic E-state index is 5.87. The van der Waals surface area contributed by atoms with Crippen LogP contribution in [0.4, 0.5) is 5.95 Å². The van der Waals surface area contributed by atoms with Crippen LogP contribution in [0.2, 0.25) is 0 Å². The summed E-state index contributed by atoms with van der Waals surface area (Å²) in [6.07, 6.45) is 8.59. The fraction of sp³-hybridized carbons (Fsp3) is 0.769. The number of rotatable bonds is 6. The van der Waals surface area contributed by atoms with Gasteiger partial charge in [-0.2, -0.15) is 0 Å². The van der Waals surface area contributed by atoms with Crippen molar-refractivity contribution in [3.05, 3.63) is 12.4 Å². The molecule has 0 bridgehead atoms. The van der Waals surface area contributed by atoms with Gasteiger partial charge in [0.05, 0.1) is 12.7 Å². The molecule has 1 fully saturated rings. The average Bonchev–Trinajstić information content (AvgIpc) is 2.84. The third kappa shape index (κ3) is 3.71. The molecule has 1 aromatic heterocycles. The van der Waals surface area contributed by atoms with Gasteiger partial charge in [0.15, 0.2) is 0 Å². The highest BCUT2D eigenvalue weighted by molar-refractivity contribution is 5.25. The van der Waals surface area contributed by atoms with E-state index in [4.69, 9.17) is 10.5 Å². The summed E-state index contributed by atoms with van der Waals surface area (Å²) in [5.74, 6) is 0.923. The van der Waals surface area contributed by atoms with E-state index in [2.05, 4.69) is 21.8 Å². The number of imidazole rings is 1. The van der Waals surface area contributed by atoms with Gasteiger partial charge in [0.25, 0.3) is 0 Å². The van der Waals surface area contributed by atoms with Crippen LogP contribution in [0, 0.1) is 0 Å². The summed E-state index contributed by atoms with van der Waals surface area (Å²) in [6.45, 7) is 4.58. The molecular weight excluding hydrogens is 228 g/mol. The molecule has 1 saturated carbocycles. The monoisotopic (exact) mass is 252 g/mol. The first kappa shape index (κ1) is 13.4. The maximum atomic E-state index is 5.87. The van der Waals surface area contributed by atoms with Crippen molar-refractivity contribution in [3.8, 4) is 0 Å². The summed E-state index contributed by atoms with van der Waals surface area (Å²) in [5, 5.41) is 3.29. The van der Waals surface area contributed by atoms with E-state index in [1.165, 1.54) is 0 Å².